The third-order valence-electron chi connectivity index (χ3n) is 2.71. The Morgan fingerprint density at radius 2 is 1.95 bits per heavy atom. The van der Waals surface area contributed by atoms with Crippen LogP contribution in [-0.4, -0.2) is 43.0 Å². The van der Waals surface area contributed by atoms with Gasteiger partial charge in [0, 0.05) is 13.7 Å². The zero-order valence-electron chi connectivity index (χ0n) is 12.3. The van der Waals surface area contributed by atoms with Crippen LogP contribution in [0.15, 0.2) is 24.3 Å². The van der Waals surface area contributed by atoms with Gasteiger partial charge in [-0.1, -0.05) is 12.1 Å². The van der Waals surface area contributed by atoms with Crippen molar-refractivity contribution in [1.82, 2.24) is 5.32 Å². The third kappa shape index (κ3) is 6.13. The minimum absolute atomic E-state index is 0.293. The number of carboxylic acid groups (broad SMARTS) is 1. The van der Waals surface area contributed by atoms with E-state index in [1.54, 1.807) is 31.4 Å². The monoisotopic (exact) mass is 296 g/mol. The summed E-state index contributed by atoms with van der Waals surface area (Å²) >= 11 is 0. The highest BCUT2D eigenvalue weighted by atomic mass is 16.5. The summed E-state index contributed by atoms with van der Waals surface area (Å²) in [6.07, 6.45) is 0. The average molecular weight is 296 g/mol. The van der Waals surface area contributed by atoms with Gasteiger partial charge in [-0.25, -0.2) is 9.59 Å². The van der Waals surface area contributed by atoms with Gasteiger partial charge in [-0.3, -0.25) is 0 Å². The first-order chi connectivity index (χ1) is 9.84. The standard InChI is InChI=1S/C14H20N2O5/c1-14(2,20-3)9-15-13(19)16-10-6-4-5-7-11(10)21-8-12(17)18/h4-7H,8-9H2,1-3H3,(H,17,18)(H2,15,16,19). The van der Waals surface area contributed by atoms with Crippen LogP contribution in [0.5, 0.6) is 5.75 Å². The Morgan fingerprint density at radius 3 is 2.57 bits per heavy atom. The normalized spacial score (nSPS) is 10.8. The Hall–Kier alpha value is -2.28. The summed E-state index contributed by atoms with van der Waals surface area (Å²) in [6.45, 7) is 3.54. The van der Waals surface area contributed by atoms with Crippen LogP contribution < -0.4 is 15.4 Å². The fourth-order valence-corrected chi connectivity index (χ4v) is 1.37. The predicted molar refractivity (Wildman–Crippen MR) is 77.7 cm³/mol. The van der Waals surface area contributed by atoms with Gasteiger partial charge in [0.2, 0.25) is 0 Å². The molecule has 0 aliphatic rings. The molecule has 1 rings (SSSR count). The topological polar surface area (TPSA) is 96.9 Å². The SMILES string of the molecule is COC(C)(C)CNC(=O)Nc1ccccc1OCC(=O)O. The summed E-state index contributed by atoms with van der Waals surface area (Å²) in [7, 11) is 1.56. The summed E-state index contributed by atoms with van der Waals surface area (Å²) in [4.78, 5) is 22.3. The largest absolute Gasteiger partial charge is 0.480 e. The lowest BCUT2D eigenvalue weighted by Gasteiger charge is -2.23. The van der Waals surface area contributed by atoms with Gasteiger partial charge < -0.3 is 25.2 Å². The van der Waals surface area contributed by atoms with E-state index in [1.165, 1.54) is 0 Å². The van der Waals surface area contributed by atoms with Gasteiger partial charge in [-0.15, -0.1) is 0 Å². The van der Waals surface area contributed by atoms with E-state index in [-0.39, 0.29) is 0 Å². The smallest absolute Gasteiger partial charge is 0.341 e. The van der Waals surface area contributed by atoms with Gasteiger partial charge in [0.25, 0.3) is 0 Å². The Balaban J connectivity index is 2.61. The maximum atomic E-state index is 11.8. The van der Waals surface area contributed by atoms with E-state index in [1.807, 2.05) is 13.8 Å². The number of ether oxygens (including phenoxy) is 2. The Bertz CT molecular complexity index is 502. The number of amides is 2. The van der Waals surface area contributed by atoms with E-state index >= 15 is 0 Å². The van der Waals surface area contributed by atoms with Crippen LogP contribution in [0.4, 0.5) is 10.5 Å². The van der Waals surface area contributed by atoms with Crippen molar-refractivity contribution in [3.8, 4) is 5.75 Å². The summed E-state index contributed by atoms with van der Waals surface area (Å²) in [5.74, 6) is -0.794. The van der Waals surface area contributed by atoms with Crippen molar-refractivity contribution in [2.24, 2.45) is 0 Å². The number of urea groups is 1. The number of hydrogen-bond donors (Lipinski definition) is 3. The zero-order chi connectivity index (χ0) is 15.9. The van der Waals surface area contributed by atoms with Crippen molar-refractivity contribution in [1.29, 1.82) is 0 Å². The molecule has 0 saturated heterocycles. The Labute approximate surface area is 123 Å². The number of aliphatic carboxylic acids is 1. The highest BCUT2D eigenvalue weighted by Crippen LogP contribution is 2.23. The first-order valence-electron chi connectivity index (χ1n) is 6.38. The fourth-order valence-electron chi connectivity index (χ4n) is 1.37. The second kappa shape index (κ2) is 7.49. The maximum Gasteiger partial charge on any atom is 0.341 e. The van der Waals surface area contributed by atoms with Gasteiger partial charge >= 0.3 is 12.0 Å². The number of benzene rings is 1. The van der Waals surface area contributed by atoms with Gasteiger partial charge in [-0.05, 0) is 26.0 Å². The van der Waals surface area contributed by atoms with Crippen LogP contribution in [0.3, 0.4) is 0 Å². The molecule has 0 heterocycles. The molecule has 0 aliphatic heterocycles. The minimum Gasteiger partial charge on any atom is -0.480 e. The molecule has 2 amide bonds. The van der Waals surface area contributed by atoms with Gasteiger partial charge in [0.15, 0.2) is 6.61 Å². The first-order valence-corrected chi connectivity index (χ1v) is 6.38. The molecule has 0 unspecified atom stereocenters. The highest BCUT2D eigenvalue weighted by molar-refractivity contribution is 5.91. The lowest BCUT2D eigenvalue weighted by atomic mass is 10.1. The third-order valence-corrected chi connectivity index (χ3v) is 2.71. The maximum absolute atomic E-state index is 11.8. The molecule has 3 N–H and O–H groups in total. The summed E-state index contributed by atoms with van der Waals surface area (Å²) in [6, 6.07) is 6.18. The molecule has 0 aliphatic carbocycles. The molecule has 0 radical (unpaired) electrons. The number of methoxy groups -OCH3 is 1. The lowest BCUT2D eigenvalue weighted by Crippen LogP contribution is -2.41. The van der Waals surface area contributed by atoms with Crippen LogP contribution in [-0.2, 0) is 9.53 Å². The van der Waals surface area contributed by atoms with Crippen molar-refractivity contribution < 1.29 is 24.2 Å². The Kier molecular flexibility index (Phi) is 5.98. The second-order valence-electron chi connectivity index (χ2n) is 4.95. The number of hydrogen-bond acceptors (Lipinski definition) is 4. The number of nitrogens with one attached hydrogen (secondary N) is 2. The number of carbonyl (C=O) groups excluding carboxylic acids is 1. The molecule has 0 fully saturated rings. The van der Waals surface area contributed by atoms with Crippen molar-refractivity contribution >= 4 is 17.7 Å². The number of carboxylic acids is 1. The second-order valence-corrected chi connectivity index (χ2v) is 4.95. The summed E-state index contributed by atoms with van der Waals surface area (Å²) < 4.78 is 10.3. The molecule has 0 spiro atoms. The van der Waals surface area contributed by atoms with Gasteiger partial charge in [-0.2, -0.15) is 0 Å². The predicted octanol–water partition coefficient (Wildman–Crippen LogP) is 1.70. The summed E-state index contributed by atoms with van der Waals surface area (Å²) in [5.41, 5.74) is -0.0806. The summed E-state index contributed by atoms with van der Waals surface area (Å²) in [5, 5.41) is 13.9. The van der Waals surface area contributed by atoms with Crippen LogP contribution in [0.25, 0.3) is 0 Å². The number of rotatable bonds is 7. The van der Waals surface area contributed by atoms with E-state index in [4.69, 9.17) is 14.6 Å². The molecule has 1 aromatic carbocycles. The zero-order valence-corrected chi connectivity index (χ0v) is 12.3. The van der Waals surface area contributed by atoms with Gasteiger partial charge in [0.1, 0.15) is 5.75 Å². The van der Waals surface area contributed by atoms with Crippen molar-refractivity contribution in [2.45, 2.75) is 19.4 Å². The van der Waals surface area contributed by atoms with E-state index in [2.05, 4.69) is 10.6 Å². The van der Waals surface area contributed by atoms with Crippen LogP contribution in [0.1, 0.15) is 13.8 Å². The average Bonchev–Trinajstić information content (AvgIpc) is 2.44. The molecule has 0 atom stereocenters. The first kappa shape index (κ1) is 16.8. The van der Waals surface area contributed by atoms with E-state index < -0.39 is 24.2 Å². The van der Waals surface area contributed by atoms with Crippen LogP contribution in [0.2, 0.25) is 0 Å². The molecule has 116 valence electrons. The fraction of sp³-hybridized carbons (Fsp3) is 0.429. The Morgan fingerprint density at radius 1 is 1.29 bits per heavy atom. The lowest BCUT2D eigenvalue weighted by molar-refractivity contribution is -0.139. The molecule has 1 aromatic rings. The molecular weight excluding hydrogens is 276 g/mol. The molecular formula is C14H20N2O5. The van der Waals surface area contributed by atoms with E-state index in [9.17, 15) is 9.59 Å². The number of para-hydroxylation sites is 2. The van der Waals surface area contributed by atoms with E-state index in [0.29, 0.717) is 18.0 Å². The van der Waals surface area contributed by atoms with Crippen molar-refractivity contribution in [3.05, 3.63) is 24.3 Å². The number of carbonyl (C=O) groups is 2. The number of anilines is 1. The van der Waals surface area contributed by atoms with Crippen LogP contribution in [0, 0.1) is 0 Å². The van der Waals surface area contributed by atoms with Crippen LogP contribution >= 0.6 is 0 Å². The molecule has 0 bridgehead atoms. The molecule has 21 heavy (non-hydrogen) atoms. The van der Waals surface area contributed by atoms with E-state index in [0.717, 1.165) is 0 Å². The molecule has 0 saturated carbocycles. The van der Waals surface area contributed by atoms with Gasteiger partial charge in [0.05, 0.1) is 11.3 Å². The van der Waals surface area contributed by atoms with Crippen molar-refractivity contribution in [3.63, 3.8) is 0 Å². The quantitative estimate of drug-likeness (QED) is 0.711. The minimum atomic E-state index is -1.09. The molecule has 7 heteroatoms. The highest BCUT2D eigenvalue weighted by Gasteiger charge is 2.17. The van der Waals surface area contributed by atoms with Crippen molar-refractivity contribution in [2.75, 3.05) is 25.6 Å². The molecule has 7 nitrogen and oxygen atoms in total. The molecule has 0 aromatic heterocycles.